The van der Waals surface area contributed by atoms with E-state index >= 15 is 0 Å². The van der Waals surface area contributed by atoms with Crippen molar-refractivity contribution in [3.63, 3.8) is 0 Å². The number of amidine groups is 1. The van der Waals surface area contributed by atoms with Crippen molar-refractivity contribution in [1.82, 2.24) is 4.98 Å². The average Bonchev–Trinajstić information content (AvgIpc) is 2.55. The van der Waals surface area contributed by atoms with E-state index in [0.717, 1.165) is 24.6 Å². The Bertz CT molecular complexity index is 685. The summed E-state index contributed by atoms with van der Waals surface area (Å²) in [6, 6.07) is 13.7. The number of aromatic nitrogens is 1. The van der Waals surface area contributed by atoms with E-state index in [1.165, 1.54) is 5.69 Å². The summed E-state index contributed by atoms with van der Waals surface area (Å²) in [4.78, 5) is 8.85. The molecule has 2 heterocycles. The molecular weight excluding hydrogens is 266 g/mol. The van der Waals surface area contributed by atoms with Crippen LogP contribution in [0.4, 0.5) is 17.2 Å². The topological polar surface area (TPSA) is 78.0 Å². The number of pyridine rings is 1. The number of benzene rings is 1. The highest BCUT2D eigenvalue weighted by Crippen LogP contribution is 2.35. The fraction of sp³-hybridized carbons (Fsp3) is 0.200. The summed E-state index contributed by atoms with van der Waals surface area (Å²) in [5.41, 5.74) is 8.36. The van der Waals surface area contributed by atoms with E-state index in [1.807, 2.05) is 24.3 Å². The van der Waals surface area contributed by atoms with Gasteiger partial charge in [0.05, 0.1) is 11.4 Å². The number of hydrogen-bond acceptors (Lipinski definition) is 5. The minimum atomic E-state index is 0.0132. The molecule has 3 N–H and O–H groups in total. The number of rotatable bonds is 2. The molecule has 2 aromatic rings. The average molecular weight is 283 g/mol. The number of oxime groups is 1. The lowest BCUT2D eigenvalue weighted by atomic mass is 10.1. The number of nitrogens with two attached hydrogens (primary N) is 1. The van der Waals surface area contributed by atoms with Crippen LogP contribution in [0.1, 0.15) is 5.69 Å². The van der Waals surface area contributed by atoms with E-state index in [9.17, 15) is 0 Å². The SMILES string of the molecule is CN1CCN(c2cccc(C(N)=NO)n2)c2ccccc21. The Balaban J connectivity index is 2.04. The van der Waals surface area contributed by atoms with Crippen LogP contribution in [0.5, 0.6) is 0 Å². The highest BCUT2D eigenvalue weighted by atomic mass is 16.4. The van der Waals surface area contributed by atoms with E-state index in [2.05, 4.69) is 39.1 Å². The second-order valence-corrected chi connectivity index (χ2v) is 4.93. The highest BCUT2D eigenvalue weighted by Gasteiger charge is 2.22. The van der Waals surface area contributed by atoms with Crippen molar-refractivity contribution in [1.29, 1.82) is 0 Å². The molecule has 0 atom stereocenters. The monoisotopic (exact) mass is 283 g/mol. The summed E-state index contributed by atoms with van der Waals surface area (Å²) in [6.07, 6.45) is 0. The van der Waals surface area contributed by atoms with Crippen molar-refractivity contribution < 1.29 is 5.21 Å². The summed E-state index contributed by atoms with van der Waals surface area (Å²) in [6.45, 7) is 1.74. The molecule has 21 heavy (non-hydrogen) atoms. The number of para-hydroxylation sites is 2. The Labute approximate surface area is 123 Å². The van der Waals surface area contributed by atoms with E-state index in [0.29, 0.717) is 5.69 Å². The molecule has 0 saturated heterocycles. The van der Waals surface area contributed by atoms with Crippen LogP contribution in [0.25, 0.3) is 0 Å². The number of anilines is 3. The van der Waals surface area contributed by atoms with Gasteiger partial charge in [-0.25, -0.2) is 4.98 Å². The van der Waals surface area contributed by atoms with Crippen LogP contribution < -0.4 is 15.5 Å². The number of nitrogens with zero attached hydrogens (tertiary/aromatic N) is 4. The summed E-state index contributed by atoms with van der Waals surface area (Å²) < 4.78 is 0. The van der Waals surface area contributed by atoms with Crippen molar-refractivity contribution in [2.75, 3.05) is 29.9 Å². The third kappa shape index (κ3) is 2.35. The maximum atomic E-state index is 8.78. The Kier molecular flexibility index (Phi) is 3.35. The molecule has 0 unspecified atom stereocenters. The molecule has 1 aliphatic heterocycles. The fourth-order valence-electron chi connectivity index (χ4n) is 2.51. The third-order valence-corrected chi connectivity index (χ3v) is 3.62. The Morgan fingerprint density at radius 2 is 1.90 bits per heavy atom. The second kappa shape index (κ2) is 5.32. The van der Waals surface area contributed by atoms with Crippen LogP contribution in [0.15, 0.2) is 47.6 Å². The lowest BCUT2D eigenvalue weighted by Gasteiger charge is -2.36. The van der Waals surface area contributed by atoms with Gasteiger partial charge >= 0.3 is 0 Å². The van der Waals surface area contributed by atoms with Gasteiger partial charge in [0.15, 0.2) is 5.84 Å². The predicted octanol–water partition coefficient (Wildman–Crippen LogP) is 1.76. The second-order valence-electron chi connectivity index (χ2n) is 4.93. The zero-order valence-corrected chi connectivity index (χ0v) is 11.8. The summed E-state index contributed by atoms with van der Waals surface area (Å²) in [7, 11) is 2.08. The zero-order chi connectivity index (χ0) is 14.8. The third-order valence-electron chi connectivity index (χ3n) is 3.62. The molecule has 108 valence electrons. The maximum Gasteiger partial charge on any atom is 0.188 e. The van der Waals surface area contributed by atoms with Crippen molar-refractivity contribution in [2.24, 2.45) is 10.9 Å². The maximum absolute atomic E-state index is 8.78. The standard InChI is InChI=1S/C15H17N5O/c1-19-9-10-20(13-7-3-2-6-12(13)19)14-8-4-5-11(17-14)15(16)18-21/h2-8,21H,9-10H2,1H3,(H2,16,18). The fourth-order valence-corrected chi connectivity index (χ4v) is 2.51. The first kappa shape index (κ1) is 13.2. The number of likely N-dealkylation sites (N-methyl/N-ethyl adjacent to an activating group) is 1. The molecule has 0 radical (unpaired) electrons. The highest BCUT2D eigenvalue weighted by molar-refractivity contribution is 5.95. The molecule has 6 nitrogen and oxygen atoms in total. The van der Waals surface area contributed by atoms with Gasteiger partial charge in [-0.3, -0.25) is 0 Å². The molecule has 0 saturated carbocycles. The van der Waals surface area contributed by atoms with Crippen LogP contribution in [-0.2, 0) is 0 Å². The van der Waals surface area contributed by atoms with Gasteiger partial charge < -0.3 is 20.7 Å². The van der Waals surface area contributed by atoms with Crippen molar-refractivity contribution in [2.45, 2.75) is 0 Å². The zero-order valence-electron chi connectivity index (χ0n) is 11.8. The summed E-state index contributed by atoms with van der Waals surface area (Å²) >= 11 is 0. The molecule has 0 spiro atoms. The Hall–Kier alpha value is -2.76. The van der Waals surface area contributed by atoms with Crippen LogP contribution in [0.2, 0.25) is 0 Å². The van der Waals surface area contributed by atoms with Crippen molar-refractivity contribution >= 4 is 23.0 Å². The summed E-state index contributed by atoms with van der Waals surface area (Å²) in [5.74, 6) is 0.805. The first-order valence-corrected chi connectivity index (χ1v) is 6.73. The van der Waals surface area contributed by atoms with Gasteiger partial charge in [0.1, 0.15) is 11.5 Å². The van der Waals surface area contributed by atoms with E-state index in [4.69, 9.17) is 10.9 Å². The Morgan fingerprint density at radius 1 is 1.14 bits per heavy atom. The largest absolute Gasteiger partial charge is 0.409 e. The molecule has 0 aliphatic carbocycles. The Morgan fingerprint density at radius 3 is 2.67 bits per heavy atom. The molecule has 1 aromatic carbocycles. The lowest BCUT2D eigenvalue weighted by Crippen LogP contribution is -2.37. The van der Waals surface area contributed by atoms with E-state index in [-0.39, 0.29) is 5.84 Å². The van der Waals surface area contributed by atoms with Gasteiger partial charge in [-0.1, -0.05) is 23.4 Å². The molecule has 0 amide bonds. The molecule has 1 aliphatic rings. The normalized spacial score (nSPS) is 15.0. The molecule has 0 fully saturated rings. The van der Waals surface area contributed by atoms with Crippen LogP contribution in [-0.4, -0.2) is 36.2 Å². The quantitative estimate of drug-likeness (QED) is 0.380. The van der Waals surface area contributed by atoms with Crippen LogP contribution in [0.3, 0.4) is 0 Å². The molecule has 0 bridgehead atoms. The molecule has 6 heteroatoms. The van der Waals surface area contributed by atoms with Crippen LogP contribution >= 0.6 is 0 Å². The number of fused-ring (bicyclic) bond motifs is 1. The van der Waals surface area contributed by atoms with E-state index in [1.54, 1.807) is 6.07 Å². The molecular formula is C15H17N5O. The van der Waals surface area contributed by atoms with Gasteiger partial charge in [0.25, 0.3) is 0 Å². The van der Waals surface area contributed by atoms with Gasteiger partial charge in [-0.05, 0) is 24.3 Å². The lowest BCUT2D eigenvalue weighted by molar-refractivity contribution is 0.318. The smallest absolute Gasteiger partial charge is 0.188 e. The van der Waals surface area contributed by atoms with Gasteiger partial charge in [-0.15, -0.1) is 0 Å². The minimum absolute atomic E-state index is 0.0132. The van der Waals surface area contributed by atoms with Gasteiger partial charge in [-0.2, -0.15) is 0 Å². The minimum Gasteiger partial charge on any atom is -0.409 e. The van der Waals surface area contributed by atoms with Crippen molar-refractivity contribution in [3.8, 4) is 0 Å². The van der Waals surface area contributed by atoms with Crippen molar-refractivity contribution in [3.05, 3.63) is 48.2 Å². The first-order valence-electron chi connectivity index (χ1n) is 6.73. The summed E-state index contributed by atoms with van der Waals surface area (Å²) in [5, 5.41) is 11.8. The first-order chi connectivity index (χ1) is 10.2. The molecule has 3 rings (SSSR count). The van der Waals surface area contributed by atoms with Gasteiger partial charge in [0.2, 0.25) is 0 Å². The van der Waals surface area contributed by atoms with E-state index < -0.39 is 0 Å². The van der Waals surface area contributed by atoms with Crippen LogP contribution in [0, 0.1) is 0 Å². The predicted molar refractivity (Wildman–Crippen MR) is 83.5 cm³/mol. The number of hydrogen-bond donors (Lipinski definition) is 2. The molecule has 1 aromatic heterocycles. The van der Waals surface area contributed by atoms with Gasteiger partial charge in [0, 0.05) is 20.1 Å².